The van der Waals surface area contributed by atoms with E-state index in [9.17, 15) is 0 Å². The van der Waals surface area contributed by atoms with E-state index in [4.69, 9.17) is 10.5 Å². The quantitative estimate of drug-likeness (QED) is 0.679. The molecule has 0 aromatic rings. The van der Waals surface area contributed by atoms with Gasteiger partial charge in [0.15, 0.2) is 0 Å². The third kappa shape index (κ3) is 4.22. The summed E-state index contributed by atoms with van der Waals surface area (Å²) in [5.74, 6) is 0.813. The van der Waals surface area contributed by atoms with Crippen LogP contribution in [-0.4, -0.2) is 43.3 Å². The van der Waals surface area contributed by atoms with E-state index >= 15 is 0 Å². The van der Waals surface area contributed by atoms with Gasteiger partial charge in [-0.25, -0.2) is 0 Å². The van der Waals surface area contributed by atoms with Crippen LogP contribution in [0.4, 0.5) is 0 Å². The minimum atomic E-state index is 0.238. The van der Waals surface area contributed by atoms with Gasteiger partial charge in [0.25, 0.3) is 0 Å². The maximum Gasteiger partial charge on any atom is 0.0593 e. The van der Waals surface area contributed by atoms with E-state index in [0.717, 1.165) is 45.2 Å². The van der Waals surface area contributed by atoms with Crippen LogP contribution in [-0.2, 0) is 4.74 Å². The molecular formula is C15H32N2O. The first kappa shape index (κ1) is 15.9. The van der Waals surface area contributed by atoms with E-state index in [1.54, 1.807) is 0 Å². The maximum atomic E-state index is 6.12. The van der Waals surface area contributed by atoms with E-state index in [1.165, 1.54) is 25.7 Å². The molecule has 2 N–H and O–H groups in total. The summed E-state index contributed by atoms with van der Waals surface area (Å²) in [5.41, 5.74) is 6.36. The first-order valence-corrected chi connectivity index (χ1v) is 7.71. The third-order valence-corrected chi connectivity index (χ3v) is 4.35. The summed E-state index contributed by atoms with van der Waals surface area (Å²) in [5, 5.41) is 0. The third-order valence-electron chi connectivity index (χ3n) is 4.35. The molecule has 3 nitrogen and oxygen atoms in total. The Hall–Kier alpha value is -0.120. The molecule has 0 aromatic heterocycles. The van der Waals surface area contributed by atoms with E-state index in [1.807, 2.05) is 0 Å². The van der Waals surface area contributed by atoms with E-state index in [-0.39, 0.29) is 5.54 Å². The molecule has 1 aliphatic rings. The van der Waals surface area contributed by atoms with Crippen LogP contribution in [0.3, 0.4) is 0 Å². The summed E-state index contributed by atoms with van der Waals surface area (Å²) in [7, 11) is 0. The van der Waals surface area contributed by atoms with Gasteiger partial charge in [-0.1, -0.05) is 33.6 Å². The lowest BCUT2D eigenvalue weighted by Gasteiger charge is -2.47. The summed E-state index contributed by atoms with van der Waals surface area (Å²) in [6, 6.07) is 0. The van der Waals surface area contributed by atoms with Crippen LogP contribution >= 0.6 is 0 Å². The molecule has 0 aromatic carbocycles. The molecule has 2 atom stereocenters. The number of nitrogens with zero attached hydrogens (tertiary/aromatic N) is 1. The topological polar surface area (TPSA) is 38.5 Å². The summed E-state index contributed by atoms with van der Waals surface area (Å²) in [6.45, 7) is 11.4. The Balaban J connectivity index is 2.53. The van der Waals surface area contributed by atoms with Crippen LogP contribution in [0.2, 0.25) is 0 Å². The molecule has 0 aliphatic heterocycles. The average Bonchev–Trinajstić information content (AvgIpc) is 2.38. The Morgan fingerprint density at radius 3 is 2.67 bits per heavy atom. The number of likely N-dealkylation sites (N-methyl/N-ethyl adjacent to an activating group) is 1. The fourth-order valence-corrected chi connectivity index (χ4v) is 3.39. The lowest BCUT2D eigenvalue weighted by atomic mass is 9.75. The number of ether oxygens (including phenoxy) is 1. The highest BCUT2D eigenvalue weighted by atomic mass is 16.5. The minimum absolute atomic E-state index is 0.238. The molecule has 0 radical (unpaired) electrons. The van der Waals surface area contributed by atoms with E-state index in [2.05, 4.69) is 25.7 Å². The molecule has 0 spiro atoms. The first-order valence-electron chi connectivity index (χ1n) is 7.71. The van der Waals surface area contributed by atoms with E-state index in [0.29, 0.717) is 0 Å². The summed E-state index contributed by atoms with van der Waals surface area (Å²) >= 11 is 0. The normalized spacial score (nSPS) is 28.8. The first-order chi connectivity index (χ1) is 8.68. The highest BCUT2D eigenvalue weighted by molar-refractivity contribution is 4.95. The molecule has 1 rings (SSSR count). The van der Waals surface area contributed by atoms with Crippen LogP contribution in [0.25, 0.3) is 0 Å². The smallest absolute Gasteiger partial charge is 0.0593 e. The standard InChI is InChI=1S/C15H32N2O/c1-4-10-18-11-9-17(5-2)15(13-16)8-6-7-14(3)12-15/h14H,4-13,16H2,1-3H3. The van der Waals surface area contributed by atoms with Gasteiger partial charge in [0.05, 0.1) is 6.61 Å². The number of hydrogen-bond donors (Lipinski definition) is 1. The number of nitrogens with two attached hydrogens (primary N) is 1. The molecule has 1 saturated carbocycles. The maximum absolute atomic E-state index is 6.12. The Morgan fingerprint density at radius 1 is 1.33 bits per heavy atom. The molecule has 18 heavy (non-hydrogen) atoms. The van der Waals surface area contributed by atoms with Crippen LogP contribution in [0.1, 0.15) is 52.9 Å². The predicted molar refractivity (Wildman–Crippen MR) is 77.8 cm³/mol. The lowest BCUT2D eigenvalue weighted by molar-refractivity contribution is 0.0152. The predicted octanol–water partition coefficient (Wildman–Crippen LogP) is 2.64. The molecule has 0 heterocycles. The molecule has 0 saturated heterocycles. The van der Waals surface area contributed by atoms with Crippen molar-refractivity contribution < 1.29 is 4.74 Å². The highest BCUT2D eigenvalue weighted by Crippen LogP contribution is 2.36. The van der Waals surface area contributed by atoms with Crippen molar-refractivity contribution in [2.45, 2.75) is 58.4 Å². The van der Waals surface area contributed by atoms with Gasteiger partial charge in [-0.05, 0) is 31.7 Å². The Labute approximate surface area is 113 Å². The molecular weight excluding hydrogens is 224 g/mol. The van der Waals surface area contributed by atoms with Gasteiger partial charge in [0.2, 0.25) is 0 Å². The monoisotopic (exact) mass is 256 g/mol. The van der Waals surface area contributed by atoms with Crippen molar-refractivity contribution in [3.63, 3.8) is 0 Å². The summed E-state index contributed by atoms with van der Waals surface area (Å²) < 4.78 is 5.64. The van der Waals surface area contributed by atoms with Crippen molar-refractivity contribution in [2.24, 2.45) is 11.7 Å². The molecule has 108 valence electrons. The highest BCUT2D eigenvalue weighted by Gasteiger charge is 2.38. The van der Waals surface area contributed by atoms with Crippen molar-refractivity contribution in [2.75, 3.05) is 32.8 Å². The molecule has 2 unspecified atom stereocenters. The van der Waals surface area contributed by atoms with Crippen LogP contribution in [0.15, 0.2) is 0 Å². The minimum Gasteiger partial charge on any atom is -0.380 e. The second-order valence-electron chi connectivity index (χ2n) is 5.82. The Kier molecular flexibility index (Phi) is 7.20. The van der Waals surface area contributed by atoms with Gasteiger partial charge < -0.3 is 10.5 Å². The van der Waals surface area contributed by atoms with Gasteiger partial charge in [0, 0.05) is 25.2 Å². The van der Waals surface area contributed by atoms with Crippen molar-refractivity contribution in [3.8, 4) is 0 Å². The molecule has 1 aliphatic carbocycles. The molecule has 3 heteroatoms. The van der Waals surface area contributed by atoms with Crippen molar-refractivity contribution in [1.29, 1.82) is 0 Å². The molecule has 0 amide bonds. The Bertz CT molecular complexity index is 223. The van der Waals surface area contributed by atoms with E-state index < -0.39 is 0 Å². The van der Waals surface area contributed by atoms with Gasteiger partial charge in [0.1, 0.15) is 0 Å². The number of hydrogen-bond acceptors (Lipinski definition) is 3. The van der Waals surface area contributed by atoms with Crippen LogP contribution in [0, 0.1) is 5.92 Å². The fourth-order valence-electron chi connectivity index (χ4n) is 3.39. The van der Waals surface area contributed by atoms with Crippen LogP contribution in [0.5, 0.6) is 0 Å². The summed E-state index contributed by atoms with van der Waals surface area (Å²) in [6.07, 6.45) is 6.31. The van der Waals surface area contributed by atoms with Crippen molar-refractivity contribution in [1.82, 2.24) is 4.90 Å². The van der Waals surface area contributed by atoms with Crippen molar-refractivity contribution >= 4 is 0 Å². The second kappa shape index (κ2) is 8.13. The van der Waals surface area contributed by atoms with Gasteiger partial charge in [-0.15, -0.1) is 0 Å². The van der Waals surface area contributed by atoms with Gasteiger partial charge in [-0.3, -0.25) is 4.90 Å². The molecule has 0 bridgehead atoms. The average molecular weight is 256 g/mol. The van der Waals surface area contributed by atoms with Crippen LogP contribution < -0.4 is 5.73 Å². The SMILES string of the molecule is CCCOCCN(CC)C1(CN)CCCC(C)C1. The second-order valence-corrected chi connectivity index (χ2v) is 5.82. The fraction of sp³-hybridized carbons (Fsp3) is 1.00. The largest absolute Gasteiger partial charge is 0.380 e. The zero-order valence-corrected chi connectivity index (χ0v) is 12.6. The van der Waals surface area contributed by atoms with Crippen molar-refractivity contribution in [3.05, 3.63) is 0 Å². The summed E-state index contributed by atoms with van der Waals surface area (Å²) in [4.78, 5) is 2.57. The molecule has 1 fully saturated rings. The Morgan fingerprint density at radius 2 is 2.11 bits per heavy atom. The lowest BCUT2D eigenvalue weighted by Crippen LogP contribution is -2.57. The zero-order chi connectivity index (χ0) is 13.4. The van der Waals surface area contributed by atoms with Gasteiger partial charge >= 0.3 is 0 Å². The zero-order valence-electron chi connectivity index (χ0n) is 12.6. The van der Waals surface area contributed by atoms with Gasteiger partial charge in [-0.2, -0.15) is 0 Å². The number of rotatable bonds is 8.